The fourth-order valence-corrected chi connectivity index (χ4v) is 3.91. The molecular formula is C22H28N4O3. The summed E-state index contributed by atoms with van der Waals surface area (Å²) in [6.45, 7) is 4.78. The number of nitrogens with zero attached hydrogens (tertiary/aromatic N) is 3. The van der Waals surface area contributed by atoms with E-state index >= 15 is 0 Å². The number of ether oxygens (including phenoxy) is 2. The van der Waals surface area contributed by atoms with Gasteiger partial charge >= 0.3 is 0 Å². The highest BCUT2D eigenvalue weighted by Gasteiger charge is 2.21. The van der Waals surface area contributed by atoms with E-state index in [-0.39, 0.29) is 12.0 Å². The predicted octanol–water partition coefficient (Wildman–Crippen LogP) is 2.33. The molecule has 1 atom stereocenters. The summed E-state index contributed by atoms with van der Waals surface area (Å²) in [4.78, 5) is 21.6. The first-order valence-corrected chi connectivity index (χ1v) is 10.2. The minimum absolute atomic E-state index is 0.0724. The molecule has 2 aliphatic heterocycles. The standard InChI is InChI=1S/C22H28N4O3/c1-28-20-7-3-2-6-19(20)25-10-12-26(13-11-25)21-15-17(8-9-23-21)22(27)24-16-18-5-4-14-29-18/h2-3,6-9,15,18H,4-5,10-14,16H2,1H3,(H,24,27). The molecule has 1 aromatic carbocycles. The van der Waals surface area contributed by atoms with Gasteiger partial charge in [0.2, 0.25) is 0 Å². The fraction of sp³-hybridized carbons (Fsp3) is 0.455. The van der Waals surface area contributed by atoms with E-state index in [1.165, 1.54) is 0 Å². The zero-order chi connectivity index (χ0) is 20.1. The molecule has 2 aromatic rings. The molecule has 0 bridgehead atoms. The number of anilines is 2. The molecule has 0 aliphatic carbocycles. The number of amides is 1. The molecule has 29 heavy (non-hydrogen) atoms. The van der Waals surface area contributed by atoms with Crippen molar-refractivity contribution in [3.63, 3.8) is 0 Å². The second-order valence-corrected chi connectivity index (χ2v) is 7.39. The average Bonchev–Trinajstić information content (AvgIpc) is 3.31. The van der Waals surface area contributed by atoms with Crippen LogP contribution in [0.1, 0.15) is 23.2 Å². The largest absolute Gasteiger partial charge is 0.495 e. The molecule has 0 saturated carbocycles. The van der Waals surface area contributed by atoms with Crippen LogP contribution in [0.3, 0.4) is 0 Å². The van der Waals surface area contributed by atoms with Crippen molar-refractivity contribution in [3.8, 4) is 5.75 Å². The molecule has 4 rings (SSSR count). The summed E-state index contributed by atoms with van der Waals surface area (Å²) in [5.41, 5.74) is 1.75. The molecule has 1 amide bonds. The summed E-state index contributed by atoms with van der Waals surface area (Å²) in [6, 6.07) is 11.7. The Balaban J connectivity index is 1.36. The number of aromatic nitrogens is 1. The van der Waals surface area contributed by atoms with Gasteiger partial charge in [-0.2, -0.15) is 0 Å². The quantitative estimate of drug-likeness (QED) is 0.808. The van der Waals surface area contributed by atoms with Crippen LogP contribution in [0.2, 0.25) is 0 Å². The van der Waals surface area contributed by atoms with Crippen molar-refractivity contribution in [1.82, 2.24) is 10.3 Å². The number of carbonyl (C=O) groups excluding carboxylic acids is 1. The topological polar surface area (TPSA) is 66.9 Å². The predicted molar refractivity (Wildman–Crippen MR) is 113 cm³/mol. The van der Waals surface area contributed by atoms with Crippen LogP contribution in [0.4, 0.5) is 11.5 Å². The molecule has 2 saturated heterocycles. The number of hydrogen-bond acceptors (Lipinski definition) is 6. The number of pyridine rings is 1. The van der Waals surface area contributed by atoms with E-state index in [4.69, 9.17) is 9.47 Å². The molecule has 0 spiro atoms. The molecule has 1 N–H and O–H groups in total. The van der Waals surface area contributed by atoms with E-state index in [0.717, 1.165) is 62.9 Å². The van der Waals surface area contributed by atoms with Crippen LogP contribution in [-0.4, -0.2) is 63.4 Å². The normalized spacial score (nSPS) is 19.3. The first-order valence-electron chi connectivity index (χ1n) is 10.2. The maximum absolute atomic E-state index is 12.5. The van der Waals surface area contributed by atoms with E-state index < -0.39 is 0 Å². The van der Waals surface area contributed by atoms with Crippen LogP contribution in [0.25, 0.3) is 0 Å². The second kappa shape index (κ2) is 9.13. The molecule has 7 nitrogen and oxygen atoms in total. The highest BCUT2D eigenvalue weighted by atomic mass is 16.5. The third-order valence-corrected chi connectivity index (χ3v) is 5.55. The fourth-order valence-electron chi connectivity index (χ4n) is 3.91. The van der Waals surface area contributed by atoms with Crippen molar-refractivity contribution in [1.29, 1.82) is 0 Å². The first kappa shape index (κ1) is 19.5. The molecule has 7 heteroatoms. The molecule has 2 aliphatic rings. The van der Waals surface area contributed by atoms with E-state index in [0.29, 0.717) is 12.1 Å². The van der Waals surface area contributed by atoms with Crippen molar-refractivity contribution in [2.75, 3.05) is 56.2 Å². The molecular weight excluding hydrogens is 368 g/mol. The van der Waals surface area contributed by atoms with Gasteiger partial charge in [-0.1, -0.05) is 12.1 Å². The number of para-hydroxylation sites is 2. The van der Waals surface area contributed by atoms with E-state index in [1.54, 1.807) is 19.4 Å². The summed E-state index contributed by atoms with van der Waals surface area (Å²) >= 11 is 0. The van der Waals surface area contributed by atoms with Crippen LogP contribution in [0.5, 0.6) is 5.75 Å². The zero-order valence-electron chi connectivity index (χ0n) is 16.8. The van der Waals surface area contributed by atoms with Crippen molar-refractivity contribution in [2.45, 2.75) is 18.9 Å². The highest BCUT2D eigenvalue weighted by molar-refractivity contribution is 5.94. The molecule has 2 fully saturated rings. The zero-order valence-corrected chi connectivity index (χ0v) is 16.8. The number of hydrogen-bond donors (Lipinski definition) is 1. The lowest BCUT2D eigenvalue weighted by Gasteiger charge is -2.37. The Kier molecular flexibility index (Phi) is 6.14. The minimum atomic E-state index is -0.0724. The van der Waals surface area contributed by atoms with E-state index in [1.807, 2.05) is 24.3 Å². The van der Waals surface area contributed by atoms with Gasteiger partial charge in [0, 0.05) is 51.1 Å². The third-order valence-electron chi connectivity index (χ3n) is 5.55. The smallest absolute Gasteiger partial charge is 0.251 e. The van der Waals surface area contributed by atoms with Gasteiger partial charge in [0.25, 0.3) is 5.91 Å². The van der Waals surface area contributed by atoms with Crippen LogP contribution in [0.15, 0.2) is 42.6 Å². The van der Waals surface area contributed by atoms with Crippen molar-refractivity contribution in [3.05, 3.63) is 48.2 Å². The first-order chi connectivity index (χ1) is 14.2. The molecule has 1 unspecified atom stereocenters. The summed E-state index contributed by atoms with van der Waals surface area (Å²) in [6.07, 6.45) is 3.94. The molecule has 3 heterocycles. The Morgan fingerprint density at radius 3 is 2.76 bits per heavy atom. The maximum Gasteiger partial charge on any atom is 0.251 e. The second-order valence-electron chi connectivity index (χ2n) is 7.39. The number of methoxy groups -OCH3 is 1. The number of benzene rings is 1. The van der Waals surface area contributed by atoms with Gasteiger partial charge in [0.15, 0.2) is 0 Å². The van der Waals surface area contributed by atoms with Crippen molar-refractivity contribution in [2.24, 2.45) is 0 Å². The molecule has 154 valence electrons. The number of carbonyl (C=O) groups is 1. The Morgan fingerprint density at radius 2 is 2.00 bits per heavy atom. The SMILES string of the molecule is COc1ccccc1N1CCN(c2cc(C(=O)NCC3CCCO3)ccn2)CC1. The summed E-state index contributed by atoms with van der Waals surface area (Å²) in [5, 5.41) is 2.98. The Bertz CT molecular complexity index is 830. The van der Waals surface area contributed by atoms with Gasteiger partial charge in [0.1, 0.15) is 11.6 Å². The average molecular weight is 396 g/mol. The monoisotopic (exact) mass is 396 g/mol. The summed E-state index contributed by atoms with van der Waals surface area (Å²) < 4.78 is 11.1. The van der Waals surface area contributed by atoms with Crippen LogP contribution >= 0.6 is 0 Å². The van der Waals surface area contributed by atoms with Gasteiger partial charge < -0.3 is 24.6 Å². The highest BCUT2D eigenvalue weighted by Crippen LogP contribution is 2.29. The summed E-state index contributed by atoms with van der Waals surface area (Å²) in [7, 11) is 1.70. The minimum Gasteiger partial charge on any atom is -0.495 e. The van der Waals surface area contributed by atoms with Crippen molar-refractivity contribution < 1.29 is 14.3 Å². The van der Waals surface area contributed by atoms with Crippen LogP contribution in [-0.2, 0) is 4.74 Å². The Morgan fingerprint density at radius 1 is 1.21 bits per heavy atom. The van der Waals surface area contributed by atoms with Gasteiger partial charge in [-0.15, -0.1) is 0 Å². The lowest BCUT2D eigenvalue weighted by atomic mass is 10.2. The number of nitrogens with one attached hydrogen (secondary N) is 1. The van der Waals surface area contributed by atoms with Gasteiger partial charge in [-0.05, 0) is 37.1 Å². The number of piperazine rings is 1. The van der Waals surface area contributed by atoms with Gasteiger partial charge in [0.05, 0.1) is 18.9 Å². The van der Waals surface area contributed by atoms with E-state index in [2.05, 4.69) is 26.2 Å². The van der Waals surface area contributed by atoms with Crippen molar-refractivity contribution >= 4 is 17.4 Å². The van der Waals surface area contributed by atoms with E-state index in [9.17, 15) is 4.79 Å². The van der Waals surface area contributed by atoms with Gasteiger partial charge in [-0.3, -0.25) is 4.79 Å². The van der Waals surface area contributed by atoms with Gasteiger partial charge in [-0.25, -0.2) is 4.98 Å². The number of rotatable bonds is 6. The lowest BCUT2D eigenvalue weighted by Crippen LogP contribution is -2.47. The lowest BCUT2D eigenvalue weighted by molar-refractivity contribution is 0.0857. The molecule has 1 aromatic heterocycles. The van der Waals surface area contributed by atoms with Crippen LogP contribution in [0, 0.1) is 0 Å². The Hall–Kier alpha value is -2.80. The third kappa shape index (κ3) is 4.62. The molecule has 0 radical (unpaired) electrons. The summed E-state index contributed by atoms with van der Waals surface area (Å²) in [5.74, 6) is 1.66. The van der Waals surface area contributed by atoms with Crippen LogP contribution < -0.4 is 19.9 Å². The Labute approximate surface area is 171 Å². The maximum atomic E-state index is 12.5.